The molecule has 2 fully saturated rings. The molecule has 3 heteroatoms. The first-order valence-corrected chi connectivity index (χ1v) is 9.63. The van der Waals surface area contributed by atoms with Crippen molar-refractivity contribution in [1.82, 2.24) is 5.32 Å². The van der Waals surface area contributed by atoms with E-state index in [1.54, 1.807) is 0 Å². The van der Waals surface area contributed by atoms with E-state index in [2.05, 4.69) is 67.7 Å². The highest BCUT2D eigenvalue weighted by atomic mass is 16.5. The average Bonchev–Trinajstić information content (AvgIpc) is 3.19. The van der Waals surface area contributed by atoms with Crippen molar-refractivity contribution in [2.75, 3.05) is 13.2 Å². The Hall–Kier alpha value is -2.13. The van der Waals surface area contributed by atoms with Gasteiger partial charge in [-0.1, -0.05) is 59.7 Å². The van der Waals surface area contributed by atoms with Crippen LogP contribution in [0, 0.1) is 19.8 Å². The lowest BCUT2D eigenvalue weighted by atomic mass is 9.84. The van der Waals surface area contributed by atoms with Crippen molar-refractivity contribution in [2.24, 2.45) is 5.92 Å². The molecule has 1 aliphatic carbocycles. The van der Waals surface area contributed by atoms with Crippen molar-refractivity contribution >= 4 is 5.91 Å². The minimum Gasteiger partial charge on any atom is -0.376 e. The Morgan fingerprint density at radius 3 is 2.31 bits per heavy atom. The summed E-state index contributed by atoms with van der Waals surface area (Å²) in [6.07, 6.45) is 3.20. The number of hydrogen-bond donors (Lipinski definition) is 1. The third-order valence-electron chi connectivity index (χ3n) is 5.87. The van der Waals surface area contributed by atoms with E-state index in [1.165, 1.54) is 22.3 Å². The molecule has 0 spiro atoms. The largest absolute Gasteiger partial charge is 0.376 e. The standard InChI is InChI=1S/C23H27NO2/c1-16-6-3-8-18(12-16)23(19-9-4-7-17(2)13-19)14-21(23)22(25)24-15-20-10-5-11-26-20/h3-4,6-9,12-13,20-21H,5,10-11,14-15H2,1-2H3,(H,24,25)/t20-,21-/m1/s1. The average molecular weight is 349 g/mol. The molecule has 2 aromatic carbocycles. The summed E-state index contributed by atoms with van der Waals surface area (Å²) in [5.74, 6) is 0.149. The van der Waals surface area contributed by atoms with E-state index in [1.807, 2.05) is 0 Å². The summed E-state index contributed by atoms with van der Waals surface area (Å²) in [5, 5.41) is 3.15. The van der Waals surface area contributed by atoms with Crippen molar-refractivity contribution in [3.05, 3.63) is 70.8 Å². The number of benzene rings is 2. The normalized spacial score (nSPS) is 23.6. The van der Waals surface area contributed by atoms with Crippen LogP contribution in [0.4, 0.5) is 0 Å². The minimum absolute atomic E-state index is 0.00694. The molecule has 1 amide bonds. The van der Waals surface area contributed by atoms with Crippen LogP contribution < -0.4 is 5.32 Å². The van der Waals surface area contributed by atoms with Crippen LogP contribution >= 0.6 is 0 Å². The molecule has 1 N–H and O–H groups in total. The molecule has 0 aromatic heterocycles. The van der Waals surface area contributed by atoms with Gasteiger partial charge in [0, 0.05) is 18.6 Å². The van der Waals surface area contributed by atoms with Gasteiger partial charge < -0.3 is 10.1 Å². The number of amides is 1. The quantitative estimate of drug-likeness (QED) is 0.889. The van der Waals surface area contributed by atoms with Crippen LogP contribution in [0.5, 0.6) is 0 Å². The van der Waals surface area contributed by atoms with Crippen molar-refractivity contribution < 1.29 is 9.53 Å². The number of carbonyl (C=O) groups excluding carboxylic acids is 1. The monoisotopic (exact) mass is 349 g/mol. The van der Waals surface area contributed by atoms with Gasteiger partial charge in [0.25, 0.3) is 0 Å². The molecule has 0 bridgehead atoms. The second-order valence-electron chi connectivity index (χ2n) is 7.85. The van der Waals surface area contributed by atoms with Gasteiger partial charge in [0.1, 0.15) is 0 Å². The predicted molar refractivity (Wildman–Crippen MR) is 103 cm³/mol. The van der Waals surface area contributed by atoms with Gasteiger partial charge in [-0.25, -0.2) is 0 Å². The lowest BCUT2D eigenvalue weighted by Gasteiger charge is -2.20. The van der Waals surface area contributed by atoms with Crippen molar-refractivity contribution in [2.45, 2.75) is 44.6 Å². The van der Waals surface area contributed by atoms with Crippen molar-refractivity contribution in [3.8, 4) is 0 Å². The maximum atomic E-state index is 12.9. The molecule has 1 saturated carbocycles. The van der Waals surface area contributed by atoms with Crippen LogP contribution in [0.2, 0.25) is 0 Å². The number of carbonyl (C=O) groups is 1. The topological polar surface area (TPSA) is 38.3 Å². The summed E-state index contributed by atoms with van der Waals surface area (Å²) >= 11 is 0. The Kier molecular flexibility index (Phi) is 4.58. The molecule has 0 radical (unpaired) electrons. The van der Waals surface area contributed by atoms with Gasteiger partial charge in [0.05, 0.1) is 12.0 Å². The molecule has 26 heavy (non-hydrogen) atoms. The van der Waals surface area contributed by atoms with E-state index in [4.69, 9.17) is 4.74 Å². The van der Waals surface area contributed by atoms with Crippen molar-refractivity contribution in [3.63, 3.8) is 0 Å². The third-order valence-corrected chi connectivity index (χ3v) is 5.87. The SMILES string of the molecule is Cc1cccc(C2(c3cccc(C)c3)C[C@@H]2C(=O)NC[C@H]2CCCO2)c1. The Bertz CT molecular complexity index is 762. The molecule has 1 saturated heterocycles. The number of nitrogens with one attached hydrogen (secondary N) is 1. The van der Waals surface area contributed by atoms with Crippen LogP contribution in [0.25, 0.3) is 0 Å². The highest BCUT2D eigenvalue weighted by molar-refractivity contribution is 5.86. The molecule has 2 atom stereocenters. The summed E-state index contributed by atoms with van der Waals surface area (Å²) in [4.78, 5) is 12.9. The summed E-state index contributed by atoms with van der Waals surface area (Å²) in [6.45, 7) is 5.68. The lowest BCUT2D eigenvalue weighted by Crippen LogP contribution is -2.34. The maximum Gasteiger partial charge on any atom is 0.224 e. The summed E-state index contributed by atoms with van der Waals surface area (Å²) in [7, 11) is 0. The van der Waals surface area contributed by atoms with E-state index in [-0.39, 0.29) is 23.3 Å². The first-order valence-electron chi connectivity index (χ1n) is 9.63. The Balaban J connectivity index is 1.60. The zero-order chi connectivity index (χ0) is 18.1. The predicted octanol–water partition coefficient (Wildman–Crippen LogP) is 3.90. The third kappa shape index (κ3) is 3.16. The Morgan fingerprint density at radius 2 is 1.77 bits per heavy atom. The highest BCUT2D eigenvalue weighted by Gasteiger charge is 2.60. The second kappa shape index (κ2) is 6.88. The van der Waals surface area contributed by atoms with Crippen LogP contribution in [0.3, 0.4) is 0 Å². The highest BCUT2D eigenvalue weighted by Crippen LogP contribution is 2.59. The molecule has 136 valence electrons. The van der Waals surface area contributed by atoms with Crippen LogP contribution in [0.15, 0.2) is 48.5 Å². The fourth-order valence-corrected chi connectivity index (χ4v) is 4.37. The number of aryl methyl sites for hydroxylation is 2. The van der Waals surface area contributed by atoms with Crippen LogP contribution in [0.1, 0.15) is 41.5 Å². The van der Waals surface area contributed by atoms with Gasteiger partial charge in [-0.2, -0.15) is 0 Å². The van der Waals surface area contributed by atoms with E-state index in [0.717, 1.165) is 25.9 Å². The fourth-order valence-electron chi connectivity index (χ4n) is 4.37. The molecule has 4 rings (SSSR count). The molecule has 1 heterocycles. The number of hydrogen-bond acceptors (Lipinski definition) is 2. The van der Waals surface area contributed by atoms with Gasteiger partial charge in [-0.3, -0.25) is 4.79 Å². The lowest BCUT2D eigenvalue weighted by molar-refractivity contribution is -0.123. The minimum atomic E-state index is -0.196. The molecule has 3 nitrogen and oxygen atoms in total. The number of rotatable bonds is 5. The fraction of sp³-hybridized carbons (Fsp3) is 0.435. The molecule has 2 aromatic rings. The first-order chi connectivity index (χ1) is 12.6. The van der Waals surface area contributed by atoms with Gasteiger partial charge in [-0.05, 0) is 44.2 Å². The van der Waals surface area contributed by atoms with Crippen molar-refractivity contribution in [1.29, 1.82) is 0 Å². The van der Waals surface area contributed by atoms with Gasteiger partial charge in [0.2, 0.25) is 5.91 Å². The maximum absolute atomic E-state index is 12.9. The molecular weight excluding hydrogens is 322 g/mol. The number of ether oxygens (including phenoxy) is 1. The zero-order valence-corrected chi connectivity index (χ0v) is 15.6. The van der Waals surface area contributed by atoms with Gasteiger partial charge in [-0.15, -0.1) is 0 Å². The Morgan fingerprint density at radius 1 is 1.12 bits per heavy atom. The van der Waals surface area contributed by atoms with Gasteiger partial charge >= 0.3 is 0 Å². The van der Waals surface area contributed by atoms with Crippen LogP contribution in [-0.2, 0) is 14.9 Å². The second-order valence-corrected chi connectivity index (χ2v) is 7.85. The summed E-state index contributed by atoms with van der Waals surface area (Å²) < 4.78 is 5.64. The van der Waals surface area contributed by atoms with Crippen LogP contribution in [-0.4, -0.2) is 25.2 Å². The summed E-state index contributed by atoms with van der Waals surface area (Å²) in [6, 6.07) is 17.2. The van der Waals surface area contributed by atoms with Gasteiger partial charge in [0.15, 0.2) is 0 Å². The molecule has 2 aliphatic rings. The first kappa shape index (κ1) is 17.3. The summed E-state index contributed by atoms with van der Waals surface area (Å²) in [5.41, 5.74) is 4.78. The smallest absolute Gasteiger partial charge is 0.224 e. The molecule has 0 unspecified atom stereocenters. The van der Waals surface area contributed by atoms with E-state index in [0.29, 0.717) is 6.54 Å². The zero-order valence-electron chi connectivity index (χ0n) is 15.6. The molecular formula is C23H27NO2. The van der Waals surface area contributed by atoms with E-state index < -0.39 is 0 Å². The Labute approximate surface area is 155 Å². The van der Waals surface area contributed by atoms with E-state index >= 15 is 0 Å². The van der Waals surface area contributed by atoms with E-state index in [9.17, 15) is 4.79 Å². The molecule has 1 aliphatic heterocycles.